The highest BCUT2D eigenvalue weighted by Gasteiger charge is 2.43. The quantitative estimate of drug-likeness (QED) is 0.751. The largest absolute Gasteiger partial charge is 0.300 e. The van der Waals surface area contributed by atoms with Crippen molar-refractivity contribution >= 4 is 5.78 Å². The summed E-state index contributed by atoms with van der Waals surface area (Å²) in [7, 11) is 0. The number of carbonyl (C=O) groups is 1. The molecule has 1 aromatic rings. The molecule has 1 aliphatic rings. The van der Waals surface area contributed by atoms with Gasteiger partial charge in [-0.05, 0) is 29.7 Å². The number of benzene rings is 1. The Labute approximate surface area is 97.9 Å². The molecule has 1 fully saturated rings. The van der Waals surface area contributed by atoms with Crippen LogP contribution < -0.4 is 0 Å². The standard InChI is InChI=1S/C15H20O/c1-12(2)8-15(10-14(16)11-15)9-13-6-4-3-5-7-13/h3-7,12H,8-11H2,1-2H3. The zero-order valence-corrected chi connectivity index (χ0v) is 10.2. The van der Waals surface area contributed by atoms with Gasteiger partial charge in [0.05, 0.1) is 0 Å². The van der Waals surface area contributed by atoms with Crippen LogP contribution in [0, 0.1) is 11.3 Å². The van der Waals surface area contributed by atoms with E-state index in [4.69, 9.17) is 0 Å². The number of carbonyl (C=O) groups excluding carboxylic acids is 1. The topological polar surface area (TPSA) is 17.1 Å². The van der Waals surface area contributed by atoms with E-state index in [2.05, 4.69) is 38.1 Å². The van der Waals surface area contributed by atoms with Crippen molar-refractivity contribution in [3.63, 3.8) is 0 Å². The number of Topliss-reactive ketones (excluding diaryl/α,β-unsaturated/α-hetero) is 1. The van der Waals surface area contributed by atoms with Crippen molar-refractivity contribution in [3.05, 3.63) is 35.9 Å². The molecule has 0 saturated heterocycles. The maximum absolute atomic E-state index is 11.3. The highest BCUT2D eigenvalue weighted by atomic mass is 16.1. The molecule has 0 aromatic heterocycles. The van der Waals surface area contributed by atoms with Crippen molar-refractivity contribution in [2.45, 2.75) is 39.5 Å². The van der Waals surface area contributed by atoms with Gasteiger partial charge in [-0.3, -0.25) is 4.79 Å². The summed E-state index contributed by atoms with van der Waals surface area (Å²) < 4.78 is 0. The van der Waals surface area contributed by atoms with Crippen molar-refractivity contribution in [1.29, 1.82) is 0 Å². The fourth-order valence-electron chi connectivity index (χ4n) is 3.02. The van der Waals surface area contributed by atoms with Crippen LogP contribution in [0.1, 0.15) is 38.7 Å². The second-order valence-electron chi connectivity index (χ2n) is 5.65. The van der Waals surface area contributed by atoms with Gasteiger partial charge in [-0.15, -0.1) is 0 Å². The summed E-state index contributed by atoms with van der Waals surface area (Å²) in [6, 6.07) is 10.6. The molecule has 0 atom stereocenters. The molecule has 0 amide bonds. The number of ketones is 1. The van der Waals surface area contributed by atoms with Crippen LogP contribution in [0.5, 0.6) is 0 Å². The minimum absolute atomic E-state index is 0.270. The van der Waals surface area contributed by atoms with Gasteiger partial charge in [-0.25, -0.2) is 0 Å². The van der Waals surface area contributed by atoms with Gasteiger partial charge in [0.25, 0.3) is 0 Å². The minimum Gasteiger partial charge on any atom is -0.300 e. The van der Waals surface area contributed by atoms with Crippen LogP contribution in [-0.4, -0.2) is 5.78 Å². The van der Waals surface area contributed by atoms with Crippen molar-refractivity contribution < 1.29 is 4.79 Å². The molecule has 0 heterocycles. The first-order valence-electron chi connectivity index (χ1n) is 6.15. The summed E-state index contributed by atoms with van der Waals surface area (Å²) in [6.07, 6.45) is 3.82. The predicted molar refractivity (Wildman–Crippen MR) is 66.3 cm³/mol. The Morgan fingerprint density at radius 1 is 1.19 bits per heavy atom. The van der Waals surface area contributed by atoms with Gasteiger partial charge >= 0.3 is 0 Å². The molecule has 16 heavy (non-hydrogen) atoms. The van der Waals surface area contributed by atoms with E-state index in [1.807, 2.05) is 6.07 Å². The minimum atomic E-state index is 0.270. The first kappa shape index (κ1) is 11.4. The summed E-state index contributed by atoms with van der Waals surface area (Å²) >= 11 is 0. The molecule has 0 spiro atoms. The van der Waals surface area contributed by atoms with Crippen LogP contribution in [0.15, 0.2) is 30.3 Å². The Morgan fingerprint density at radius 3 is 2.31 bits per heavy atom. The van der Waals surface area contributed by atoms with E-state index in [9.17, 15) is 4.79 Å². The van der Waals surface area contributed by atoms with E-state index in [0.717, 1.165) is 19.3 Å². The normalized spacial score (nSPS) is 18.6. The molecule has 0 bridgehead atoms. The zero-order valence-electron chi connectivity index (χ0n) is 10.2. The Morgan fingerprint density at radius 2 is 1.81 bits per heavy atom. The van der Waals surface area contributed by atoms with Crippen molar-refractivity contribution in [2.75, 3.05) is 0 Å². The lowest BCUT2D eigenvalue weighted by molar-refractivity contribution is -0.133. The van der Waals surface area contributed by atoms with Crippen molar-refractivity contribution in [1.82, 2.24) is 0 Å². The monoisotopic (exact) mass is 216 g/mol. The Bertz CT molecular complexity index is 356. The molecule has 2 rings (SSSR count). The number of hydrogen-bond acceptors (Lipinski definition) is 1. The predicted octanol–water partition coefficient (Wildman–Crippen LogP) is 3.62. The third-order valence-electron chi connectivity index (χ3n) is 3.41. The van der Waals surface area contributed by atoms with E-state index in [1.165, 1.54) is 12.0 Å². The molecular weight excluding hydrogens is 196 g/mol. The summed E-state index contributed by atoms with van der Waals surface area (Å²) in [6.45, 7) is 4.49. The van der Waals surface area contributed by atoms with E-state index >= 15 is 0 Å². The van der Waals surface area contributed by atoms with E-state index in [1.54, 1.807) is 0 Å². The molecule has 86 valence electrons. The van der Waals surface area contributed by atoms with Crippen LogP contribution in [0.3, 0.4) is 0 Å². The van der Waals surface area contributed by atoms with E-state index in [0.29, 0.717) is 11.7 Å². The molecule has 0 radical (unpaired) electrons. The van der Waals surface area contributed by atoms with Crippen LogP contribution in [0.25, 0.3) is 0 Å². The zero-order chi connectivity index (χ0) is 11.6. The maximum atomic E-state index is 11.3. The second-order valence-corrected chi connectivity index (χ2v) is 5.65. The number of rotatable bonds is 4. The highest BCUT2D eigenvalue weighted by molar-refractivity contribution is 5.86. The van der Waals surface area contributed by atoms with Crippen LogP contribution in [0.2, 0.25) is 0 Å². The Hall–Kier alpha value is -1.11. The highest BCUT2D eigenvalue weighted by Crippen LogP contribution is 2.46. The Balaban J connectivity index is 2.07. The molecule has 1 saturated carbocycles. The average Bonchev–Trinajstić information content (AvgIpc) is 2.16. The molecule has 1 heteroatoms. The van der Waals surface area contributed by atoms with Gasteiger partial charge in [-0.2, -0.15) is 0 Å². The van der Waals surface area contributed by atoms with Crippen LogP contribution in [0.4, 0.5) is 0 Å². The van der Waals surface area contributed by atoms with Gasteiger partial charge in [0.15, 0.2) is 0 Å². The SMILES string of the molecule is CC(C)CC1(Cc2ccccc2)CC(=O)C1. The summed E-state index contributed by atoms with van der Waals surface area (Å²) in [5.74, 6) is 1.12. The van der Waals surface area contributed by atoms with Crippen LogP contribution >= 0.6 is 0 Å². The maximum Gasteiger partial charge on any atom is 0.134 e. The molecule has 1 nitrogen and oxygen atoms in total. The van der Waals surface area contributed by atoms with Crippen molar-refractivity contribution in [2.24, 2.45) is 11.3 Å². The van der Waals surface area contributed by atoms with E-state index in [-0.39, 0.29) is 5.41 Å². The van der Waals surface area contributed by atoms with Gasteiger partial charge in [0.2, 0.25) is 0 Å². The lowest BCUT2D eigenvalue weighted by Gasteiger charge is -2.42. The summed E-state index contributed by atoms with van der Waals surface area (Å²) in [4.78, 5) is 11.3. The molecule has 0 aliphatic heterocycles. The first-order valence-corrected chi connectivity index (χ1v) is 6.15. The molecular formula is C15H20O. The van der Waals surface area contributed by atoms with E-state index < -0.39 is 0 Å². The van der Waals surface area contributed by atoms with Gasteiger partial charge in [0, 0.05) is 12.8 Å². The Kier molecular flexibility index (Phi) is 3.13. The molecule has 1 aliphatic carbocycles. The number of hydrogen-bond donors (Lipinski definition) is 0. The van der Waals surface area contributed by atoms with Gasteiger partial charge in [-0.1, -0.05) is 44.2 Å². The molecule has 0 N–H and O–H groups in total. The van der Waals surface area contributed by atoms with Crippen molar-refractivity contribution in [3.8, 4) is 0 Å². The smallest absolute Gasteiger partial charge is 0.134 e. The molecule has 1 aromatic carbocycles. The lowest BCUT2D eigenvalue weighted by atomic mass is 9.61. The van der Waals surface area contributed by atoms with Gasteiger partial charge < -0.3 is 0 Å². The van der Waals surface area contributed by atoms with Gasteiger partial charge in [0.1, 0.15) is 5.78 Å². The second kappa shape index (κ2) is 4.40. The summed E-state index contributed by atoms with van der Waals surface area (Å²) in [5.41, 5.74) is 1.64. The molecule has 0 unspecified atom stereocenters. The lowest BCUT2D eigenvalue weighted by Crippen LogP contribution is -2.40. The first-order chi connectivity index (χ1) is 7.60. The third-order valence-corrected chi connectivity index (χ3v) is 3.41. The third kappa shape index (κ3) is 2.52. The average molecular weight is 216 g/mol. The van der Waals surface area contributed by atoms with Crippen LogP contribution in [-0.2, 0) is 11.2 Å². The fourth-order valence-corrected chi connectivity index (χ4v) is 3.02. The fraction of sp³-hybridized carbons (Fsp3) is 0.533. The summed E-state index contributed by atoms with van der Waals surface area (Å²) in [5, 5.41) is 0.